The molecule has 3 N–H and O–H groups in total. The second-order valence-corrected chi connectivity index (χ2v) is 11.0. The zero-order valence-electron chi connectivity index (χ0n) is 21.0. The molecule has 1 amide bonds. The number of pyridine rings is 1. The highest BCUT2D eigenvalue weighted by atomic mass is 79.9. The predicted molar refractivity (Wildman–Crippen MR) is 145 cm³/mol. The molecule has 0 spiro atoms. The number of aromatic nitrogens is 1. The summed E-state index contributed by atoms with van der Waals surface area (Å²) in [4.78, 5) is 15.1. The third-order valence-corrected chi connectivity index (χ3v) is 7.63. The van der Waals surface area contributed by atoms with Gasteiger partial charge in [-0.2, -0.15) is 0 Å². The predicted octanol–water partition coefficient (Wildman–Crippen LogP) is 4.58. The van der Waals surface area contributed by atoms with E-state index < -0.39 is 5.60 Å². The first kappa shape index (κ1) is 27.4. The van der Waals surface area contributed by atoms with E-state index in [4.69, 9.17) is 16.3 Å². The number of amides is 1. The molecule has 1 aliphatic rings. The lowest BCUT2D eigenvalue weighted by molar-refractivity contribution is -0.908. The Bertz CT molecular complexity index is 1260. The second-order valence-electron chi connectivity index (χ2n) is 9.65. The Morgan fingerprint density at radius 2 is 1.86 bits per heavy atom. The average molecular weight is 590 g/mol. The van der Waals surface area contributed by atoms with E-state index in [1.54, 1.807) is 13.0 Å². The van der Waals surface area contributed by atoms with Crippen molar-refractivity contribution < 1.29 is 24.6 Å². The molecular formula is C28H32BrClN3O4+. The molecule has 3 aromatic rings. The van der Waals surface area contributed by atoms with E-state index in [1.807, 2.05) is 43.3 Å². The Morgan fingerprint density at radius 3 is 2.57 bits per heavy atom. The number of aryl methyl sites for hydroxylation is 1. The van der Waals surface area contributed by atoms with Crippen LogP contribution in [0.4, 0.5) is 0 Å². The Morgan fingerprint density at radius 1 is 1.16 bits per heavy atom. The number of ether oxygens (including phenoxy) is 1. The number of carbonyl (C=O) groups is 1. The second kappa shape index (κ2) is 11.8. The smallest absolute Gasteiger partial charge is 0.258 e. The van der Waals surface area contributed by atoms with Gasteiger partial charge in [-0.1, -0.05) is 39.7 Å². The van der Waals surface area contributed by atoms with Gasteiger partial charge in [-0.15, -0.1) is 0 Å². The van der Waals surface area contributed by atoms with Crippen molar-refractivity contribution in [3.63, 3.8) is 0 Å². The Kier molecular flexibility index (Phi) is 8.75. The van der Waals surface area contributed by atoms with Gasteiger partial charge in [0.1, 0.15) is 17.9 Å². The number of carbonyl (C=O) groups excluding carboxylic acids is 1. The fourth-order valence-electron chi connectivity index (χ4n) is 4.55. The first-order valence-corrected chi connectivity index (χ1v) is 13.4. The molecule has 0 radical (unpaired) electrons. The molecule has 0 aliphatic carbocycles. The van der Waals surface area contributed by atoms with Gasteiger partial charge in [0.25, 0.3) is 5.91 Å². The van der Waals surface area contributed by atoms with Crippen LogP contribution in [0.25, 0.3) is 0 Å². The number of hydrogen-bond donors (Lipinski definition) is 3. The number of rotatable bonds is 8. The van der Waals surface area contributed by atoms with Gasteiger partial charge in [-0.05, 0) is 61.2 Å². The van der Waals surface area contributed by atoms with E-state index in [2.05, 4.69) is 32.2 Å². The summed E-state index contributed by atoms with van der Waals surface area (Å²) in [6.07, 6.45) is 2.58. The molecule has 0 saturated carbocycles. The molecule has 7 nitrogen and oxygen atoms in total. The molecule has 0 atom stereocenters. The molecule has 2 heterocycles. The zero-order chi connectivity index (χ0) is 26.6. The van der Waals surface area contributed by atoms with Crippen LogP contribution in [0.5, 0.6) is 5.75 Å². The van der Waals surface area contributed by atoms with Crippen LogP contribution < -0.4 is 14.8 Å². The Labute approximate surface area is 230 Å². The van der Waals surface area contributed by atoms with E-state index in [0.717, 1.165) is 31.6 Å². The van der Waals surface area contributed by atoms with Crippen molar-refractivity contribution >= 4 is 33.4 Å². The van der Waals surface area contributed by atoms with Crippen LogP contribution in [-0.4, -0.2) is 46.4 Å². The minimum Gasteiger partial charge on any atom is -0.489 e. The van der Waals surface area contributed by atoms with Crippen LogP contribution in [-0.2, 0) is 13.2 Å². The van der Waals surface area contributed by atoms with E-state index in [9.17, 15) is 15.1 Å². The number of benzene rings is 2. The number of hydrogen-bond acceptors (Lipinski definition) is 5. The number of piperidine rings is 1. The molecule has 1 saturated heterocycles. The van der Waals surface area contributed by atoms with Crippen LogP contribution >= 0.6 is 27.5 Å². The molecule has 196 valence electrons. The fraction of sp³-hybridized carbons (Fsp3) is 0.357. The zero-order valence-corrected chi connectivity index (χ0v) is 23.3. The lowest BCUT2D eigenvalue weighted by Gasteiger charge is -2.38. The topological polar surface area (TPSA) is 85.9 Å². The third kappa shape index (κ3) is 7.02. The molecule has 9 heteroatoms. The maximum Gasteiger partial charge on any atom is 0.258 e. The Balaban J connectivity index is 1.33. The molecule has 4 rings (SSSR count). The number of nitrogens with one attached hydrogen (secondary N) is 1. The summed E-state index contributed by atoms with van der Waals surface area (Å²) >= 11 is 9.55. The first-order chi connectivity index (χ1) is 17.6. The van der Waals surface area contributed by atoms with Gasteiger partial charge in [0, 0.05) is 59.0 Å². The Hall–Kier alpha value is -2.65. The highest BCUT2D eigenvalue weighted by Gasteiger charge is 2.33. The highest BCUT2D eigenvalue weighted by Crippen LogP contribution is 2.29. The van der Waals surface area contributed by atoms with Crippen LogP contribution in [0.15, 0.2) is 59.2 Å². The van der Waals surface area contributed by atoms with Crippen molar-refractivity contribution in [2.45, 2.75) is 45.4 Å². The summed E-state index contributed by atoms with van der Waals surface area (Å²) < 4.78 is 8.04. The number of likely N-dealkylation sites (tertiary alicyclic amines) is 1. The molecule has 0 unspecified atom stereocenters. The van der Waals surface area contributed by atoms with Gasteiger partial charge in [-0.25, -0.2) is 0 Å². The van der Waals surface area contributed by atoms with Gasteiger partial charge in [0.2, 0.25) is 11.9 Å². The van der Waals surface area contributed by atoms with Crippen molar-refractivity contribution in [2.24, 2.45) is 0 Å². The maximum atomic E-state index is 12.8. The number of halogens is 2. The standard InChI is InChI=1S/C28H31BrClN3O4/c1-19-9-12-33(36)20(2)26(19)27(34)31-18-28(35)10-13-32(14-11-28)16-22-15-23(29)5-8-25(22)37-17-21-3-6-24(30)7-4-21/h3-9,12,15,35H,10-11,13-14,16-18H2,1-2H3,(H-,31,34,36)/p+1. The molecule has 0 bridgehead atoms. The van der Waals surface area contributed by atoms with Gasteiger partial charge >= 0.3 is 0 Å². The minimum absolute atomic E-state index is 0.158. The molecule has 2 aromatic carbocycles. The maximum absolute atomic E-state index is 12.8. The average Bonchev–Trinajstić information content (AvgIpc) is 2.87. The van der Waals surface area contributed by atoms with Crippen molar-refractivity contribution in [1.29, 1.82) is 0 Å². The summed E-state index contributed by atoms with van der Waals surface area (Å²) in [5, 5.41) is 24.6. The van der Waals surface area contributed by atoms with Crippen molar-refractivity contribution in [3.8, 4) is 5.75 Å². The van der Waals surface area contributed by atoms with Gasteiger partial charge in [0.15, 0.2) is 0 Å². The lowest BCUT2D eigenvalue weighted by Crippen LogP contribution is -2.51. The van der Waals surface area contributed by atoms with Crippen LogP contribution in [0, 0.1) is 13.8 Å². The van der Waals surface area contributed by atoms with Crippen molar-refractivity contribution in [3.05, 3.63) is 92.2 Å². The first-order valence-electron chi connectivity index (χ1n) is 12.2. The minimum atomic E-state index is -0.983. The van der Waals surface area contributed by atoms with Gasteiger partial charge in [-0.3, -0.25) is 14.9 Å². The largest absolute Gasteiger partial charge is 0.489 e. The van der Waals surface area contributed by atoms with Crippen LogP contribution in [0.3, 0.4) is 0 Å². The normalized spacial score (nSPS) is 15.4. The van der Waals surface area contributed by atoms with Gasteiger partial charge < -0.3 is 15.2 Å². The fourth-order valence-corrected chi connectivity index (χ4v) is 5.09. The van der Waals surface area contributed by atoms with E-state index in [0.29, 0.717) is 55.4 Å². The number of aliphatic hydroxyl groups is 1. The molecule has 1 aromatic heterocycles. The summed E-state index contributed by atoms with van der Waals surface area (Å²) in [5.74, 6) is 0.520. The SMILES string of the molecule is Cc1cc[n+](O)c(C)c1C(=O)NCC1(O)CCN(Cc2cc(Br)ccc2OCc2ccc(Cl)cc2)CC1. The van der Waals surface area contributed by atoms with Crippen molar-refractivity contribution in [1.82, 2.24) is 10.2 Å². The van der Waals surface area contributed by atoms with Crippen LogP contribution in [0.2, 0.25) is 5.02 Å². The van der Waals surface area contributed by atoms with E-state index in [-0.39, 0.29) is 12.5 Å². The lowest BCUT2D eigenvalue weighted by atomic mass is 9.91. The van der Waals surface area contributed by atoms with Gasteiger partial charge in [0.05, 0.1) is 5.60 Å². The monoisotopic (exact) mass is 588 g/mol. The third-order valence-electron chi connectivity index (χ3n) is 6.88. The summed E-state index contributed by atoms with van der Waals surface area (Å²) in [7, 11) is 0. The molecule has 1 aliphatic heterocycles. The molecular weight excluding hydrogens is 558 g/mol. The summed E-state index contributed by atoms with van der Waals surface area (Å²) in [6, 6.07) is 15.3. The quantitative estimate of drug-likeness (QED) is 0.265. The van der Waals surface area contributed by atoms with E-state index in [1.165, 1.54) is 6.20 Å². The highest BCUT2D eigenvalue weighted by molar-refractivity contribution is 9.10. The van der Waals surface area contributed by atoms with Crippen molar-refractivity contribution in [2.75, 3.05) is 19.6 Å². The number of nitrogens with zero attached hydrogens (tertiary/aromatic N) is 2. The molecule has 1 fully saturated rings. The summed E-state index contributed by atoms with van der Waals surface area (Å²) in [6.45, 7) is 6.18. The van der Waals surface area contributed by atoms with E-state index >= 15 is 0 Å². The molecule has 37 heavy (non-hydrogen) atoms. The summed E-state index contributed by atoms with van der Waals surface area (Å²) in [5.41, 5.74) is 2.77. The van der Waals surface area contributed by atoms with Crippen LogP contribution in [0.1, 0.15) is 45.6 Å².